The van der Waals surface area contributed by atoms with Crippen LogP contribution in [0, 0.1) is 10.8 Å². The molecular formula is C12H25N3S. The Morgan fingerprint density at radius 3 is 2.56 bits per heavy atom. The van der Waals surface area contributed by atoms with Crippen LogP contribution in [0.2, 0.25) is 0 Å². The molecule has 94 valence electrons. The third-order valence-electron chi connectivity index (χ3n) is 3.58. The zero-order valence-electron chi connectivity index (χ0n) is 10.6. The van der Waals surface area contributed by atoms with Crippen molar-refractivity contribution in [3.05, 3.63) is 0 Å². The maximum absolute atomic E-state index is 7.60. The zero-order valence-corrected chi connectivity index (χ0v) is 11.4. The van der Waals surface area contributed by atoms with Crippen LogP contribution in [-0.4, -0.2) is 41.9 Å². The summed E-state index contributed by atoms with van der Waals surface area (Å²) in [5.41, 5.74) is 5.61. The Kier molecular flexibility index (Phi) is 5.62. The van der Waals surface area contributed by atoms with Crippen molar-refractivity contribution in [1.82, 2.24) is 4.90 Å². The average molecular weight is 243 g/mol. The normalized spacial score (nSPS) is 20.9. The Labute approximate surface area is 104 Å². The highest BCUT2D eigenvalue weighted by atomic mass is 32.2. The number of piperidine rings is 1. The summed E-state index contributed by atoms with van der Waals surface area (Å²) in [5, 5.41) is 7.60. The van der Waals surface area contributed by atoms with Crippen LogP contribution in [0.4, 0.5) is 0 Å². The van der Waals surface area contributed by atoms with Gasteiger partial charge < -0.3 is 10.6 Å². The van der Waals surface area contributed by atoms with Gasteiger partial charge in [0.05, 0.1) is 5.84 Å². The van der Waals surface area contributed by atoms with Crippen LogP contribution in [0.5, 0.6) is 0 Å². The smallest absolute Gasteiger partial charge is 0.0966 e. The fourth-order valence-corrected chi connectivity index (χ4v) is 2.70. The van der Waals surface area contributed by atoms with Crippen molar-refractivity contribution in [2.75, 3.05) is 31.1 Å². The molecule has 4 heteroatoms. The highest BCUT2D eigenvalue weighted by Crippen LogP contribution is 2.30. The first-order chi connectivity index (χ1) is 7.58. The molecule has 0 spiro atoms. The summed E-state index contributed by atoms with van der Waals surface area (Å²) >= 11 is 2.02. The van der Waals surface area contributed by atoms with E-state index in [1.165, 1.54) is 24.5 Å². The van der Waals surface area contributed by atoms with Gasteiger partial charge in [-0.1, -0.05) is 13.8 Å². The predicted octanol–water partition coefficient (Wildman–Crippen LogP) is 2.17. The molecule has 1 saturated heterocycles. The summed E-state index contributed by atoms with van der Waals surface area (Å²) in [6.45, 7) is 7.75. The lowest BCUT2D eigenvalue weighted by molar-refractivity contribution is 0.163. The van der Waals surface area contributed by atoms with Gasteiger partial charge in [0.25, 0.3) is 0 Å². The van der Waals surface area contributed by atoms with Gasteiger partial charge in [-0.25, -0.2) is 0 Å². The summed E-state index contributed by atoms with van der Waals surface area (Å²) in [6, 6.07) is 0. The Bertz CT molecular complexity index is 222. The predicted molar refractivity (Wildman–Crippen MR) is 73.3 cm³/mol. The molecule has 3 N–H and O–H groups in total. The molecule has 1 aliphatic heterocycles. The van der Waals surface area contributed by atoms with E-state index in [1.807, 2.05) is 11.8 Å². The number of nitrogens with zero attached hydrogens (tertiary/aromatic N) is 1. The molecule has 0 aliphatic carbocycles. The van der Waals surface area contributed by atoms with Gasteiger partial charge in [-0.15, -0.1) is 0 Å². The molecule has 0 unspecified atom stereocenters. The molecule has 1 rings (SSSR count). The highest BCUT2D eigenvalue weighted by Gasteiger charge is 2.32. The summed E-state index contributed by atoms with van der Waals surface area (Å²) in [4.78, 5) is 2.51. The number of nitrogens with one attached hydrogen (secondary N) is 1. The van der Waals surface area contributed by atoms with Crippen molar-refractivity contribution in [3.63, 3.8) is 0 Å². The van der Waals surface area contributed by atoms with E-state index in [1.54, 1.807) is 0 Å². The summed E-state index contributed by atoms with van der Waals surface area (Å²) in [5.74, 6) is 2.87. The fraction of sp³-hybridized carbons (Fsp3) is 0.917. The minimum Gasteiger partial charge on any atom is -0.387 e. The molecule has 0 aromatic carbocycles. The van der Waals surface area contributed by atoms with Gasteiger partial charge >= 0.3 is 0 Å². The topological polar surface area (TPSA) is 53.1 Å². The highest BCUT2D eigenvalue weighted by molar-refractivity contribution is 7.99. The van der Waals surface area contributed by atoms with E-state index in [2.05, 4.69) is 18.7 Å². The second kappa shape index (κ2) is 6.50. The van der Waals surface area contributed by atoms with Crippen molar-refractivity contribution < 1.29 is 0 Å². The fourth-order valence-electron chi connectivity index (χ4n) is 2.07. The SMILES string of the molecule is CCSCCCN1CCC(C)(C(=N)N)CC1. The maximum atomic E-state index is 7.60. The molecule has 0 saturated carbocycles. The van der Waals surface area contributed by atoms with Crippen molar-refractivity contribution >= 4 is 17.6 Å². The van der Waals surface area contributed by atoms with Crippen molar-refractivity contribution in [3.8, 4) is 0 Å². The van der Waals surface area contributed by atoms with Crippen LogP contribution in [0.15, 0.2) is 0 Å². The van der Waals surface area contributed by atoms with E-state index in [4.69, 9.17) is 11.1 Å². The lowest BCUT2D eigenvalue weighted by atomic mass is 9.79. The Morgan fingerprint density at radius 2 is 2.06 bits per heavy atom. The first-order valence-corrected chi connectivity index (χ1v) is 7.38. The number of hydrogen-bond donors (Lipinski definition) is 2. The maximum Gasteiger partial charge on any atom is 0.0966 e. The second-order valence-electron chi connectivity index (χ2n) is 4.87. The molecule has 0 aromatic rings. The molecule has 0 bridgehead atoms. The van der Waals surface area contributed by atoms with E-state index < -0.39 is 0 Å². The van der Waals surface area contributed by atoms with E-state index in [-0.39, 0.29) is 5.41 Å². The minimum absolute atomic E-state index is 0.0331. The molecule has 16 heavy (non-hydrogen) atoms. The van der Waals surface area contributed by atoms with Gasteiger partial charge in [-0.05, 0) is 50.4 Å². The number of rotatable bonds is 6. The quantitative estimate of drug-likeness (QED) is 0.427. The number of likely N-dealkylation sites (tertiary alicyclic amines) is 1. The van der Waals surface area contributed by atoms with Crippen LogP contribution >= 0.6 is 11.8 Å². The van der Waals surface area contributed by atoms with Crippen molar-refractivity contribution in [2.45, 2.75) is 33.1 Å². The van der Waals surface area contributed by atoms with Gasteiger partial charge in [0.2, 0.25) is 0 Å². The van der Waals surface area contributed by atoms with Crippen molar-refractivity contribution in [1.29, 1.82) is 5.41 Å². The summed E-state index contributed by atoms with van der Waals surface area (Å²) in [7, 11) is 0. The first-order valence-electron chi connectivity index (χ1n) is 6.23. The van der Waals surface area contributed by atoms with E-state index >= 15 is 0 Å². The Morgan fingerprint density at radius 1 is 1.44 bits per heavy atom. The lowest BCUT2D eigenvalue weighted by Gasteiger charge is -2.38. The first kappa shape index (κ1) is 13.8. The zero-order chi connectivity index (χ0) is 12.0. The number of amidine groups is 1. The van der Waals surface area contributed by atoms with Gasteiger partial charge in [-0.2, -0.15) is 11.8 Å². The Balaban J connectivity index is 2.19. The largest absolute Gasteiger partial charge is 0.387 e. The number of nitrogens with two attached hydrogens (primary N) is 1. The molecule has 1 aliphatic rings. The monoisotopic (exact) mass is 243 g/mol. The summed E-state index contributed by atoms with van der Waals surface area (Å²) in [6.07, 6.45) is 3.38. The standard InChI is InChI=1S/C12H25N3S/c1-3-16-10-4-7-15-8-5-12(2,6-9-15)11(13)14/h3-10H2,1-2H3,(H3,13,14). The molecule has 1 heterocycles. The van der Waals surface area contributed by atoms with Gasteiger partial charge in [0.1, 0.15) is 0 Å². The van der Waals surface area contributed by atoms with Gasteiger partial charge in [0, 0.05) is 5.41 Å². The van der Waals surface area contributed by atoms with Crippen LogP contribution in [-0.2, 0) is 0 Å². The Hall–Kier alpha value is -0.220. The van der Waals surface area contributed by atoms with E-state index in [0.29, 0.717) is 5.84 Å². The minimum atomic E-state index is -0.0331. The number of thioether (sulfide) groups is 1. The van der Waals surface area contributed by atoms with Crippen molar-refractivity contribution in [2.24, 2.45) is 11.1 Å². The average Bonchev–Trinajstić information content (AvgIpc) is 2.27. The third kappa shape index (κ3) is 3.98. The van der Waals surface area contributed by atoms with Crippen LogP contribution in [0.3, 0.4) is 0 Å². The van der Waals surface area contributed by atoms with Gasteiger partial charge in [0.15, 0.2) is 0 Å². The molecular weight excluding hydrogens is 218 g/mol. The van der Waals surface area contributed by atoms with Crippen LogP contribution in [0.25, 0.3) is 0 Å². The number of hydrogen-bond acceptors (Lipinski definition) is 3. The third-order valence-corrected chi connectivity index (χ3v) is 4.56. The molecule has 0 radical (unpaired) electrons. The second-order valence-corrected chi connectivity index (χ2v) is 6.26. The molecule has 3 nitrogen and oxygen atoms in total. The summed E-state index contributed by atoms with van der Waals surface area (Å²) < 4.78 is 0. The van der Waals surface area contributed by atoms with E-state index in [9.17, 15) is 0 Å². The molecule has 0 atom stereocenters. The van der Waals surface area contributed by atoms with E-state index in [0.717, 1.165) is 25.9 Å². The molecule has 1 fully saturated rings. The van der Waals surface area contributed by atoms with Crippen LogP contribution < -0.4 is 5.73 Å². The van der Waals surface area contributed by atoms with Gasteiger partial charge in [-0.3, -0.25) is 5.41 Å². The van der Waals surface area contributed by atoms with Crippen LogP contribution in [0.1, 0.15) is 33.1 Å². The lowest BCUT2D eigenvalue weighted by Crippen LogP contribution is -2.45. The molecule has 0 amide bonds. The molecule has 0 aromatic heterocycles.